The first-order valence-corrected chi connectivity index (χ1v) is 12.1. The molecule has 1 amide bonds. The van der Waals surface area contributed by atoms with Gasteiger partial charge in [-0.25, -0.2) is 19.4 Å². The summed E-state index contributed by atoms with van der Waals surface area (Å²) in [4.78, 5) is 43.4. The third-order valence-electron chi connectivity index (χ3n) is 4.93. The molecular weight excluding hydrogens is 537 g/mol. The topological polar surface area (TPSA) is 136 Å². The highest BCUT2D eigenvalue weighted by Crippen LogP contribution is 2.33. The van der Waals surface area contributed by atoms with Gasteiger partial charge < -0.3 is 29.8 Å². The summed E-state index contributed by atoms with van der Waals surface area (Å²) < 4.78 is 11.9. The van der Waals surface area contributed by atoms with Crippen molar-refractivity contribution in [3.63, 3.8) is 0 Å². The Morgan fingerprint density at radius 2 is 1.95 bits per heavy atom. The fourth-order valence-corrected chi connectivity index (χ4v) is 3.78. The third-order valence-corrected chi connectivity index (χ3v) is 5.50. The molecule has 0 aliphatic carbocycles. The number of aromatic nitrogens is 2. The Balaban J connectivity index is 1.89. The molecule has 3 N–H and O–H groups in total. The number of aliphatic carboxylic acids is 1. The molecule has 13 heteroatoms. The van der Waals surface area contributed by atoms with Crippen molar-refractivity contribution in [2.75, 3.05) is 18.5 Å². The summed E-state index contributed by atoms with van der Waals surface area (Å²) in [5.41, 5.74) is 0.0672. The SMILES string of the molecule is [C-]#[N+]c1cc(Cl)c(Nc2ccc3c(c2)cc(OCC(=O)O)c(=O)n3CCCNC(=O)OC(C)(C)C)nc1Cl. The molecule has 3 aromatic rings. The number of benzene rings is 1. The number of nitrogens with one attached hydrogen (secondary N) is 2. The van der Waals surface area contributed by atoms with Crippen LogP contribution in [-0.2, 0) is 16.1 Å². The van der Waals surface area contributed by atoms with E-state index in [9.17, 15) is 14.4 Å². The fraction of sp³-hybridized carbons (Fsp3) is 0.320. The van der Waals surface area contributed by atoms with E-state index >= 15 is 0 Å². The zero-order chi connectivity index (χ0) is 28.0. The van der Waals surface area contributed by atoms with E-state index in [4.69, 9.17) is 44.4 Å². The van der Waals surface area contributed by atoms with Crippen LogP contribution in [0.15, 0.2) is 35.1 Å². The number of amides is 1. The second-order valence-electron chi connectivity index (χ2n) is 9.07. The van der Waals surface area contributed by atoms with Gasteiger partial charge in [-0.15, -0.1) is 0 Å². The van der Waals surface area contributed by atoms with Gasteiger partial charge in [-0.2, -0.15) is 0 Å². The van der Waals surface area contributed by atoms with Gasteiger partial charge in [0, 0.05) is 24.2 Å². The molecule has 2 heterocycles. The first-order valence-electron chi connectivity index (χ1n) is 11.4. The largest absolute Gasteiger partial charge is 0.479 e. The van der Waals surface area contributed by atoms with E-state index < -0.39 is 29.8 Å². The van der Waals surface area contributed by atoms with Crippen LogP contribution in [0.2, 0.25) is 10.2 Å². The van der Waals surface area contributed by atoms with Crippen molar-refractivity contribution >= 4 is 63.4 Å². The maximum Gasteiger partial charge on any atom is 0.407 e. The molecule has 200 valence electrons. The Hall–Kier alpha value is -4.01. The summed E-state index contributed by atoms with van der Waals surface area (Å²) in [6.07, 6.45) is -0.178. The molecule has 2 aromatic heterocycles. The molecule has 11 nitrogen and oxygen atoms in total. The van der Waals surface area contributed by atoms with Gasteiger partial charge in [0.25, 0.3) is 5.56 Å². The Bertz CT molecular complexity index is 1480. The molecule has 38 heavy (non-hydrogen) atoms. The number of nitrogens with zero attached hydrogens (tertiary/aromatic N) is 3. The summed E-state index contributed by atoms with van der Waals surface area (Å²) in [5, 5.41) is 15.4. The summed E-state index contributed by atoms with van der Waals surface area (Å²) >= 11 is 12.3. The smallest absolute Gasteiger partial charge is 0.407 e. The van der Waals surface area contributed by atoms with Crippen LogP contribution in [0.5, 0.6) is 5.75 Å². The van der Waals surface area contributed by atoms with Crippen molar-refractivity contribution in [1.29, 1.82) is 0 Å². The number of pyridine rings is 2. The zero-order valence-corrected chi connectivity index (χ0v) is 22.3. The lowest BCUT2D eigenvalue weighted by Gasteiger charge is -2.20. The second kappa shape index (κ2) is 12.0. The van der Waals surface area contributed by atoms with Crippen molar-refractivity contribution < 1.29 is 24.2 Å². The van der Waals surface area contributed by atoms with Gasteiger partial charge in [-0.1, -0.05) is 23.2 Å². The fourth-order valence-electron chi connectivity index (χ4n) is 3.41. The average Bonchev–Trinajstić information content (AvgIpc) is 2.82. The minimum Gasteiger partial charge on any atom is -0.479 e. The summed E-state index contributed by atoms with van der Waals surface area (Å²) in [5.74, 6) is -1.14. The van der Waals surface area contributed by atoms with E-state index in [-0.39, 0.29) is 40.5 Å². The number of carbonyl (C=O) groups is 2. The Kier molecular flexibility index (Phi) is 9.04. The molecule has 0 saturated heterocycles. The molecule has 0 aliphatic heterocycles. The van der Waals surface area contributed by atoms with Gasteiger partial charge in [-0.3, -0.25) is 4.79 Å². The predicted octanol–water partition coefficient (Wildman–Crippen LogP) is 5.38. The van der Waals surface area contributed by atoms with Gasteiger partial charge in [0.1, 0.15) is 16.6 Å². The van der Waals surface area contributed by atoms with Crippen molar-refractivity contribution in [3.05, 3.63) is 62.3 Å². The lowest BCUT2D eigenvalue weighted by atomic mass is 10.1. The molecule has 0 fully saturated rings. The van der Waals surface area contributed by atoms with Crippen LogP contribution in [0.25, 0.3) is 15.7 Å². The maximum absolute atomic E-state index is 13.1. The van der Waals surface area contributed by atoms with Crippen molar-refractivity contribution in [2.45, 2.75) is 39.3 Å². The number of carboxylic acids is 1. The molecule has 0 bridgehead atoms. The Labute approximate surface area is 228 Å². The van der Waals surface area contributed by atoms with Crippen LogP contribution in [-0.4, -0.2) is 45.5 Å². The van der Waals surface area contributed by atoms with E-state index in [0.717, 1.165) is 0 Å². The Morgan fingerprint density at radius 1 is 1.21 bits per heavy atom. The number of halogens is 2. The highest BCUT2D eigenvalue weighted by atomic mass is 35.5. The van der Waals surface area contributed by atoms with E-state index in [1.165, 1.54) is 16.7 Å². The highest BCUT2D eigenvalue weighted by Gasteiger charge is 2.17. The minimum atomic E-state index is -1.23. The van der Waals surface area contributed by atoms with Crippen LogP contribution in [0.3, 0.4) is 0 Å². The lowest BCUT2D eigenvalue weighted by Crippen LogP contribution is -2.33. The van der Waals surface area contributed by atoms with Gasteiger partial charge in [0.05, 0.1) is 17.1 Å². The molecule has 0 saturated carbocycles. The first-order chi connectivity index (χ1) is 17.9. The standard InChI is InChI=1S/C25H25Cl2N5O6/c1-25(2,3)38-24(36)29-8-5-9-32-18-7-6-15(30-22-16(26)12-17(28-4)21(27)31-22)10-14(18)11-19(23(32)35)37-13-20(33)34/h6-7,10-12H,5,8-9,13H2,1-3H3,(H,29,36)(H,30,31)(H,33,34). The maximum atomic E-state index is 13.1. The van der Waals surface area contributed by atoms with Crippen LogP contribution in [0.1, 0.15) is 27.2 Å². The van der Waals surface area contributed by atoms with Crippen LogP contribution >= 0.6 is 23.2 Å². The van der Waals surface area contributed by atoms with Crippen LogP contribution in [0, 0.1) is 6.57 Å². The third kappa shape index (κ3) is 7.50. The number of aryl methyl sites for hydroxylation is 1. The number of fused-ring (bicyclic) bond motifs is 1. The second-order valence-corrected chi connectivity index (χ2v) is 9.83. The molecule has 1 aromatic carbocycles. The number of carboxylic acid groups (broad SMARTS) is 1. The number of hydrogen-bond donors (Lipinski definition) is 3. The van der Waals surface area contributed by atoms with Crippen LogP contribution in [0.4, 0.5) is 22.0 Å². The summed E-state index contributed by atoms with van der Waals surface area (Å²) in [6, 6.07) is 7.94. The number of carbonyl (C=O) groups excluding carboxylic acids is 1. The van der Waals surface area contributed by atoms with Crippen molar-refractivity contribution in [3.8, 4) is 5.75 Å². The van der Waals surface area contributed by atoms with E-state index in [1.807, 2.05) is 0 Å². The van der Waals surface area contributed by atoms with Crippen molar-refractivity contribution in [1.82, 2.24) is 14.9 Å². The first kappa shape index (κ1) is 28.6. The number of alkyl carbamates (subject to hydrolysis) is 1. The van der Waals surface area contributed by atoms with Gasteiger partial charge in [-0.05, 0) is 57.5 Å². The van der Waals surface area contributed by atoms with E-state index in [1.54, 1.807) is 39.0 Å². The number of hydrogen-bond acceptors (Lipinski definition) is 7. The van der Waals surface area contributed by atoms with Gasteiger partial charge in [0.2, 0.25) is 5.69 Å². The van der Waals surface area contributed by atoms with E-state index in [2.05, 4.69) is 20.5 Å². The van der Waals surface area contributed by atoms with Crippen molar-refractivity contribution in [2.24, 2.45) is 0 Å². The Morgan fingerprint density at radius 3 is 2.61 bits per heavy atom. The predicted molar refractivity (Wildman–Crippen MR) is 144 cm³/mol. The van der Waals surface area contributed by atoms with E-state index in [0.29, 0.717) is 23.0 Å². The van der Waals surface area contributed by atoms with Gasteiger partial charge in [0.15, 0.2) is 12.4 Å². The quantitative estimate of drug-likeness (QED) is 0.180. The zero-order valence-electron chi connectivity index (χ0n) is 20.8. The molecule has 0 atom stereocenters. The number of ether oxygens (including phenoxy) is 2. The monoisotopic (exact) mass is 561 g/mol. The molecule has 0 radical (unpaired) electrons. The molecule has 0 spiro atoms. The summed E-state index contributed by atoms with van der Waals surface area (Å²) in [6.45, 7) is 12.1. The normalized spacial score (nSPS) is 11.1. The molecule has 3 rings (SSSR count). The number of rotatable bonds is 9. The highest BCUT2D eigenvalue weighted by molar-refractivity contribution is 6.36. The minimum absolute atomic E-state index is 0.00845. The molecule has 0 aliphatic rings. The van der Waals surface area contributed by atoms with Gasteiger partial charge >= 0.3 is 12.1 Å². The lowest BCUT2D eigenvalue weighted by molar-refractivity contribution is -0.139. The molecule has 0 unspecified atom stereocenters. The average molecular weight is 562 g/mol. The van der Waals surface area contributed by atoms with Crippen LogP contribution < -0.4 is 20.9 Å². The molecular formula is C25H25Cl2N5O6. The number of anilines is 2. The summed E-state index contributed by atoms with van der Waals surface area (Å²) in [7, 11) is 0.